The second kappa shape index (κ2) is 5.45. The lowest BCUT2D eigenvalue weighted by Crippen LogP contribution is -2.30. The quantitative estimate of drug-likeness (QED) is 0.367. The summed E-state index contributed by atoms with van der Waals surface area (Å²) in [7, 11) is 0. The van der Waals surface area contributed by atoms with Crippen molar-refractivity contribution >= 4 is 11.7 Å². The van der Waals surface area contributed by atoms with Crippen LogP contribution >= 0.6 is 0 Å². The van der Waals surface area contributed by atoms with Crippen molar-refractivity contribution in [2.24, 2.45) is 5.84 Å². The number of hydrogen-bond donors (Lipinski definition) is 2. The van der Waals surface area contributed by atoms with Crippen molar-refractivity contribution in [3.63, 3.8) is 0 Å². The summed E-state index contributed by atoms with van der Waals surface area (Å²) in [5.41, 5.74) is 2.33. The summed E-state index contributed by atoms with van der Waals surface area (Å²) in [5, 5.41) is 10.5. The fourth-order valence-corrected chi connectivity index (χ4v) is 1.65. The van der Waals surface area contributed by atoms with E-state index in [9.17, 15) is 19.3 Å². The summed E-state index contributed by atoms with van der Waals surface area (Å²) < 4.78 is 15.0. The molecule has 0 aliphatic rings. The number of amides is 1. The van der Waals surface area contributed by atoms with Crippen LogP contribution in [0.5, 0.6) is 0 Å². The van der Waals surface area contributed by atoms with Gasteiger partial charge in [-0.05, 0) is 28.1 Å². The molecule has 9 heteroatoms. The molecule has 0 aliphatic heterocycles. The van der Waals surface area contributed by atoms with Crippen molar-refractivity contribution in [1.82, 2.24) is 15.0 Å². The molecule has 0 aliphatic carbocycles. The molecule has 0 saturated heterocycles. The highest BCUT2D eigenvalue weighted by molar-refractivity contribution is 5.93. The number of nitrogens with zero attached hydrogens (tertiary/aromatic N) is 3. The molecular weight excluding hydrogens is 269 g/mol. The zero-order valence-corrected chi connectivity index (χ0v) is 10.1. The molecule has 1 heterocycles. The highest BCUT2D eigenvalue weighted by Gasteiger charge is 2.13. The van der Waals surface area contributed by atoms with E-state index in [0.717, 1.165) is 6.07 Å². The number of aromatic nitrogens is 2. The lowest BCUT2D eigenvalue weighted by Gasteiger charge is -2.06. The Labute approximate surface area is 112 Å². The summed E-state index contributed by atoms with van der Waals surface area (Å²) in [6.07, 6.45) is 2.39. The maximum Gasteiger partial charge on any atom is 0.381 e. The van der Waals surface area contributed by atoms with Crippen LogP contribution in [0, 0.1) is 15.9 Å². The minimum absolute atomic E-state index is 0.0123. The van der Waals surface area contributed by atoms with Crippen molar-refractivity contribution in [3.8, 4) is 0 Å². The van der Waals surface area contributed by atoms with Crippen LogP contribution in [0.1, 0.15) is 15.9 Å². The number of carbonyl (C=O) groups excluding carboxylic acids is 1. The smallest absolute Gasteiger partial charge is 0.358 e. The molecule has 0 saturated carbocycles. The van der Waals surface area contributed by atoms with Gasteiger partial charge in [-0.3, -0.25) is 10.2 Å². The SMILES string of the molecule is NNC(=O)c1ccc(F)c(Cn2cnc([N+](=O)[O-])c2)c1. The Bertz CT molecular complexity index is 670. The third kappa shape index (κ3) is 2.78. The predicted molar refractivity (Wildman–Crippen MR) is 66.0 cm³/mol. The standard InChI is InChI=1S/C11H10FN5O3/c12-9-2-1-7(11(18)15-13)3-8(9)4-16-5-10(14-6-16)17(19)20/h1-3,5-6H,4,13H2,(H,15,18). The van der Waals surface area contributed by atoms with E-state index in [1.807, 2.05) is 5.43 Å². The van der Waals surface area contributed by atoms with Crippen LogP contribution in [0.25, 0.3) is 0 Å². The molecule has 2 rings (SSSR count). The van der Waals surface area contributed by atoms with Gasteiger partial charge < -0.3 is 14.7 Å². The Kier molecular flexibility index (Phi) is 3.71. The first kappa shape index (κ1) is 13.6. The van der Waals surface area contributed by atoms with E-state index in [1.165, 1.54) is 29.2 Å². The van der Waals surface area contributed by atoms with Crippen molar-refractivity contribution in [1.29, 1.82) is 0 Å². The molecule has 20 heavy (non-hydrogen) atoms. The monoisotopic (exact) mass is 279 g/mol. The Morgan fingerprint density at radius 3 is 2.90 bits per heavy atom. The van der Waals surface area contributed by atoms with Gasteiger partial charge in [-0.2, -0.15) is 0 Å². The largest absolute Gasteiger partial charge is 0.381 e. The van der Waals surface area contributed by atoms with Crippen molar-refractivity contribution < 1.29 is 14.1 Å². The van der Waals surface area contributed by atoms with E-state index in [0.29, 0.717) is 0 Å². The number of nitro groups is 1. The number of hydrogen-bond acceptors (Lipinski definition) is 5. The van der Waals surface area contributed by atoms with Crippen LogP contribution < -0.4 is 11.3 Å². The average molecular weight is 279 g/mol. The first-order chi connectivity index (χ1) is 9.51. The maximum absolute atomic E-state index is 13.7. The lowest BCUT2D eigenvalue weighted by atomic mass is 10.1. The molecule has 0 fully saturated rings. The molecule has 0 bridgehead atoms. The minimum atomic E-state index is -0.648. The molecule has 8 nitrogen and oxygen atoms in total. The third-order valence-corrected chi connectivity index (χ3v) is 2.60. The van der Waals surface area contributed by atoms with Crippen LogP contribution in [0.15, 0.2) is 30.7 Å². The number of nitrogens with two attached hydrogens (primary N) is 1. The second-order valence-corrected chi connectivity index (χ2v) is 3.94. The van der Waals surface area contributed by atoms with Crippen molar-refractivity contribution in [3.05, 3.63) is 57.8 Å². The van der Waals surface area contributed by atoms with Crippen LogP contribution in [-0.4, -0.2) is 20.4 Å². The van der Waals surface area contributed by atoms with E-state index < -0.39 is 16.6 Å². The second-order valence-electron chi connectivity index (χ2n) is 3.94. The van der Waals surface area contributed by atoms with Gasteiger partial charge >= 0.3 is 5.82 Å². The Balaban J connectivity index is 2.27. The lowest BCUT2D eigenvalue weighted by molar-refractivity contribution is -0.389. The maximum atomic E-state index is 13.7. The van der Waals surface area contributed by atoms with Crippen LogP contribution in [-0.2, 0) is 6.54 Å². The number of nitrogens with one attached hydrogen (secondary N) is 1. The van der Waals surface area contributed by atoms with Gasteiger partial charge in [-0.1, -0.05) is 0 Å². The molecule has 1 amide bonds. The molecule has 2 aromatic rings. The van der Waals surface area contributed by atoms with Crippen molar-refractivity contribution in [2.45, 2.75) is 6.54 Å². The summed E-state index contributed by atoms with van der Waals surface area (Å²) in [6, 6.07) is 3.74. The van der Waals surface area contributed by atoms with Crippen LogP contribution in [0.2, 0.25) is 0 Å². The predicted octanol–water partition coefficient (Wildman–Crippen LogP) is 0.582. The van der Waals surface area contributed by atoms with Gasteiger partial charge in [-0.25, -0.2) is 10.2 Å². The van der Waals surface area contributed by atoms with E-state index in [-0.39, 0.29) is 23.5 Å². The number of nitrogen functional groups attached to an aromatic ring is 1. The number of rotatable bonds is 4. The highest BCUT2D eigenvalue weighted by atomic mass is 19.1. The third-order valence-electron chi connectivity index (χ3n) is 2.60. The van der Waals surface area contributed by atoms with Gasteiger partial charge in [0.05, 0.1) is 6.54 Å². The summed E-state index contributed by atoms with van der Waals surface area (Å²) >= 11 is 0. The molecule has 3 N–H and O–H groups in total. The molecule has 0 atom stereocenters. The van der Waals surface area contributed by atoms with Gasteiger partial charge in [-0.15, -0.1) is 0 Å². The Morgan fingerprint density at radius 2 is 2.30 bits per heavy atom. The number of hydrazine groups is 1. The zero-order valence-electron chi connectivity index (χ0n) is 10.1. The van der Waals surface area contributed by atoms with E-state index in [4.69, 9.17) is 5.84 Å². The fourth-order valence-electron chi connectivity index (χ4n) is 1.65. The fraction of sp³-hybridized carbons (Fsp3) is 0.0909. The average Bonchev–Trinajstić information content (AvgIpc) is 2.89. The molecule has 0 spiro atoms. The summed E-state index contributed by atoms with van der Waals surface area (Å²) in [5.74, 6) is 3.58. The number of benzene rings is 1. The molecule has 104 valence electrons. The topological polar surface area (TPSA) is 116 Å². The summed E-state index contributed by atoms with van der Waals surface area (Å²) in [4.78, 5) is 24.8. The normalized spacial score (nSPS) is 10.3. The molecule has 0 radical (unpaired) electrons. The molecule has 1 aromatic carbocycles. The molecule has 1 aromatic heterocycles. The zero-order chi connectivity index (χ0) is 14.7. The molecular formula is C11H10FN5O3. The van der Waals surface area contributed by atoms with Gasteiger partial charge in [0.2, 0.25) is 6.33 Å². The Morgan fingerprint density at radius 1 is 1.55 bits per heavy atom. The minimum Gasteiger partial charge on any atom is -0.358 e. The first-order valence-corrected chi connectivity index (χ1v) is 5.47. The first-order valence-electron chi connectivity index (χ1n) is 5.47. The van der Waals surface area contributed by atoms with Crippen LogP contribution in [0.4, 0.5) is 10.2 Å². The number of carbonyl (C=O) groups is 1. The molecule has 0 unspecified atom stereocenters. The highest BCUT2D eigenvalue weighted by Crippen LogP contribution is 2.14. The van der Waals surface area contributed by atoms with E-state index in [1.54, 1.807) is 0 Å². The van der Waals surface area contributed by atoms with Crippen molar-refractivity contribution in [2.75, 3.05) is 0 Å². The number of halogens is 1. The summed E-state index contributed by atoms with van der Waals surface area (Å²) in [6.45, 7) is 0.0123. The van der Waals surface area contributed by atoms with Gasteiger partial charge in [0.15, 0.2) is 0 Å². The van der Waals surface area contributed by atoms with Crippen LogP contribution in [0.3, 0.4) is 0 Å². The van der Waals surface area contributed by atoms with Gasteiger partial charge in [0.1, 0.15) is 12.0 Å². The van der Waals surface area contributed by atoms with E-state index >= 15 is 0 Å². The Hall–Kier alpha value is -2.81. The van der Waals surface area contributed by atoms with Gasteiger partial charge in [0, 0.05) is 11.1 Å². The van der Waals surface area contributed by atoms with E-state index in [2.05, 4.69) is 4.98 Å². The number of imidazole rings is 1. The van der Waals surface area contributed by atoms with Gasteiger partial charge in [0.25, 0.3) is 5.91 Å².